The van der Waals surface area contributed by atoms with Crippen LogP contribution in [0.25, 0.3) is 0 Å². The van der Waals surface area contributed by atoms with E-state index in [4.69, 9.17) is 0 Å². The number of hydrogen-bond acceptors (Lipinski definition) is 3. The fourth-order valence-electron chi connectivity index (χ4n) is 2.06. The van der Waals surface area contributed by atoms with Gasteiger partial charge in [-0.15, -0.1) is 0 Å². The van der Waals surface area contributed by atoms with Crippen LogP contribution in [0.15, 0.2) is 6.07 Å². The van der Waals surface area contributed by atoms with Crippen LogP contribution in [0.1, 0.15) is 56.2 Å². The lowest BCUT2D eigenvalue weighted by atomic mass is 10.1. The summed E-state index contributed by atoms with van der Waals surface area (Å²) >= 11 is 0. The SMILES string of the molecule is CC(C)CC(O)CNC(=O)c1cc(C(C)C)n(C)n1. The number of hydrogen-bond donors (Lipinski definition) is 2. The molecule has 0 fully saturated rings. The van der Waals surface area contributed by atoms with Crippen molar-refractivity contribution in [2.45, 2.75) is 46.1 Å². The molecule has 2 N–H and O–H groups in total. The van der Waals surface area contributed by atoms with Crippen LogP contribution in [-0.4, -0.2) is 33.4 Å². The number of nitrogens with one attached hydrogen (secondary N) is 1. The number of nitrogens with zero attached hydrogens (tertiary/aromatic N) is 2. The molecule has 0 aliphatic rings. The van der Waals surface area contributed by atoms with Gasteiger partial charge in [-0.1, -0.05) is 27.7 Å². The highest BCUT2D eigenvalue weighted by Crippen LogP contribution is 2.14. The Morgan fingerprint density at radius 1 is 1.42 bits per heavy atom. The minimum absolute atomic E-state index is 0.231. The van der Waals surface area contributed by atoms with Crippen LogP contribution >= 0.6 is 0 Å². The molecule has 1 heterocycles. The van der Waals surface area contributed by atoms with E-state index in [1.165, 1.54) is 0 Å². The molecule has 0 bridgehead atoms. The number of rotatable bonds is 6. The molecule has 0 aliphatic carbocycles. The summed E-state index contributed by atoms with van der Waals surface area (Å²) in [5, 5.41) is 16.6. The second-order valence-corrected chi connectivity index (χ2v) is 5.73. The topological polar surface area (TPSA) is 67.2 Å². The zero-order valence-electron chi connectivity index (χ0n) is 12.5. The molecule has 1 atom stereocenters. The molecule has 1 unspecified atom stereocenters. The lowest BCUT2D eigenvalue weighted by molar-refractivity contribution is 0.0895. The van der Waals surface area contributed by atoms with E-state index in [9.17, 15) is 9.90 Å². The van der Waals surface area contributed by atoms with Gasteiger partial charge in [-0.25, -0.2) is 0 Å². The standard InChI is InChI=1S/C14H25N3O2/c1-9(2)6-11(18)8-15-14(19)12-7-13(10(3)4)17(5)16-12/h7,9-11,18H,6,8H2,1-5H3,(H,15,19). The van der Waals surface area contributed by atoms with Crippen molar-refractivity contribution in [1.29, 1.82) is 0 Å². The lowest BCUT2D eigenvalue weighted by Gasteiger charge is -2.13. The molecular weight excluding hydrogens is 242 g/mol. The molecule has 1 rings (SSSR count). The average molecular weight is 267 g/mol. The molecule has 0 saturated carbocycles. The summed E-state index contributed by atoms with van der Waals surface area (Å²) in [4.78, 5) is 11.9. The predicted molar refractivity (Wildman–Crippen MR) is 75.1 cm³/mol. The number of carbonyl (C=O) groups excluding carboxylic acids is 1. The van der Waals surface area contributed by atoms with Crippen molar-refractivity contribution < 1.29 is 9.90 Å². The van der Waals surface area contributed by atoms with Crippen LogP contribution in [0.5, 0.6) is 0 Å². The molecule has 5 heteroatoms. The summed E-state index contributed by atoms with van der Waals surface area (Å²) in [5.41, 5.74) is 1.43. The van der Waals surface area contributed by atoms with Crippen molar-refractivity contribution in [2.75, 3.05) is 6.54 Å². The van der Waals surface area contributed by atoms with Crippen molar-refractivity contribution in [2.24, 2.45) is 13.0 Å². The van der Waals surface area contributed by atoms with E-state index >= 15 is 0 Å². The average Bonchev–Trinajstić information content (AvgIpc) is 2.67. The molecule has 0 saturated heterocycles. The maximum Gasteiger partial charge on any atom is 0.271 e. The third-order valence-corrected chi connectivity index (χ3v) is 2.98. The molecule has 0 aliphatic heterocycles. The Hall–Kier alpha value is -1.36. The third kappa shape index (κ3) is 4.67. The van der Waals surface area contributed by atoms with Gasteiger partial charge in [0.05, 0.1) is 6.10 Å². The van der Waals surface area contributed by atoms with E-state index in [0.29, 0.717) is 24.0 Å². The number of aryl methyl sites for hydroxylation is 1. The first-order valence-corrected chi connectivity index (χ1v) is 6.81. The Morgan fingerprint density at radius 3 is 2.53 bits per heavy atom. The van der Waals surface area contributed by atoms with Crippen molar-refractivity contribution in [3.05, 3.63) is 17.5 Å². The summed E-state index contributed by atoms with van der Waals surface area (Å²) < 4.78 is 1.73. The van der Waals surface area contributed by atoms with Crippen LogP contribution in [0.2, 0.25) is 0 Å². The lowest BCUT2D eigenvalue weighted by Crippen LogP contribution is -2.33. The number of aromatic nitrogens is 2. The van der Waals surface area contributed by atoms with Crippen molar-refractivity contribution in [1.82, 2.24) is 15.1 Å². The van der Waals surface area contributed by atoms with Crippen molar-refractivity contribution in [3.8, 4) is 0 Å². The molecule has 5 nitrogen and oxygen atoms in total. The maximum absolute atomic E-state index is 11.9. The summed E-state index contributed by atoms with van der Waals surface area (Å²) in [7, 11) is 1.83. The summed E-state index contributed by atoms with van der Waals surface area (Å²) in [6.45, 7) is 8.47. The Bertz CT molecular complexity index is 424. The molecule has 0 radical (unpaired) electrons. The van der Waals surface area contributed by atoms with Gasteiger partial charge < -0.3 is 10.4 Å². The van der Waals surface area contributed by atoms with E-state index < -0.39 is 6.10 Å². The Morgan fingerprint density at radius 2 is 2.05 bits per heavy atom. The fourth-order valence-corrected chi connectivity index (χ4v) is 2.06. The third-order valence-electron chi connectivity index (χ3n) is 2.98. The fraction of sp³-hybridized carbons (Fsp3) is 0.714. The first-order chi connectivity index (χ1) is 8.81. The zero-order valence-corrected chi connectivity index (χ0v) is 12.5. The van der Waals surface area contributed by atoms with Crippen LogP contribution in [-0.2, 0) is 7.05 Å². The highest BCUT2D eigenvalue weighted by atomic mass is 16.3. The first kappa shape index (κ1) is 15.7. The minimum Gasteiger partial charge on any atom is -0.391 e. The summed E-state index contributed by atoms with van der Waals surface area (Å²) in [6, 6.07) is 1.80. The normalized spacial score (nSPS) is 13.1. The van der Waals surface area contributed by atoms with Crippen molar-refractivity contribution >= 4 is 5.91 Å². The van der Waals surface area contributed by atoms with Crippen LogP contribution in [0, 0.1) is 5.92 Å². The van der Waals surface area contributed by atoms with Crippen molar-refractivity contribution in [3.63, 3.8) is 0 Å². The highest BCUT2D eigenvalue weighted by Gasteiger charge is 2.15. The van der Waals surface area contributed by atoms with Crippen LogP contribution in [0.3, 0.4) is 0 Å². The van der Waals surface area contributed by atoms with E-state index in [2.05, 4.69) is 24.3 Å². The van der Waals surface area contributed by atoms with E-state index in [0.717, 1.165) is 5.69 Å². The first-order valence-electron chi connectivity index (χ1n) is 6.81. The molecular formula is C14H25N3O2. The minimum atomic E-state index is -0.503. The summed E-state index contributed by atoms with van der Waals surface area (Å²) in [5.74, 6) is 0.505. The number of carbonyl (C=O) groups is 1. The molecule has 0 aromatic carbocycles. The molecule has 19 heavy (non-hydrogen) atoms. The van der Waals surface area contributed by atoms with Gasteiger partial charge in [0.1, 0.15) is 5.69 Å². The van der Waals surface area contributed by atoms with Crippen LogP contribution in [0.4, 0.5) is 0 Å². The Balaban J connectivity index is 2.57. The van der Waals surface area contributed by atoms with Gasteiger partial charge in [0.2, 0.25) is 0 Å². The number of amides is 1. The summed E-state index contributed by atoms with van der Waals surface area (Å²) in [6.07, 6.45) is 0.178. The highest BCUT2D eigenvalue weighted by molar-refractivity contribution is 5.92. The van der Waals surface area contributed by atoms with E-state index in [1.807, 2.05) is 20.9 Å². The van der Waals surface area contributed by atoms with Gasteiger partial charge in [-0.3, -0.25) is 9.48 Å². The van der Waals surface area contributed by atoms with Gasteiger partial charge in [0.25, 0.3) is 5.91 Å². The molecule has 108 valence electrons. The second kappa shape index (κ2) is 6.70. The Kier molecular flexibility index (Phi) is 5.54. The predicted octanol–water partition coefficient (Wildman–Crippen LogP) is 1.68. The Labute approximate surface area is 115 Å². The molecule has 1 aromatic rings. The zero-order chi connectivity index (χ0) is 14.6. The maximum atomic E-state index is 11.9. The van der Waals surface area contributed by atoms with Gasteiger partial charge in [-0.2, -0.15) is 5.10 Å². The van der Waals surface area contributed by atoms with E-state index in [1.54, 1.807) is 10.7 Å². The smallest absolute Gasteiger partial charge is 0.271 e. The van der Waals surface area contributed by atoms with Gasteiger partial charge >= 0.3 is 0 Å². The molecule has 0 spiro atoms. The monoisotopic (exact) mass is 267 g/mol. The molecule has 1 amide bonds. The van der Waals surface area contributed by atoms with Gasteiger partial charge in [-0.05, 0) is 24.3 Å². The quantitative estimate of drug-likeness (QED) is 0.824. The molecule has 1 aromatic heterocycles. The number of aliphatic hydroxyl groups excluding tert-OH is 1. The van der Waals surface area contributed by atoms with Crippen LogP contribution < -0.4 is 5.32 Å². The second-order valence-electron chi connectivity index (χ2n) is 5.73. The van der Waals surface area contributed by atoms with E-state index in [-0.39, 0.29) is 12.5 Å². The number of aliphatic hydroxyl groups is 1. The van der Waals surface area contributed by atoms with Gasteiger partial charge in [0, 0.05) is 19.3 Å². The van der Waals surface area contributed by atoms with Gasteiger partial charge in [0.15, 0.2) is 0 Å². The largest absolute Gasteiger partial charge is 0.391 e.